The predicted molar refractivity (Wildman–Crippen MR) is 77.9 cm³/mol. The van der Waals surface area contributed by atoms with Gasteiger partial charge in [-0.15, -0.1) is 0 Å². The normalized spacial score (nSPS) is 20.1. The van der Waals surface area contributed by atoms with Crippen molar-refractivity contribution in [2.75, 3.05) is 19.4 Å². The van der Waals surface area contributed by atoms with Gasteiger partial charge >= 0.3 is 0 Å². The number of hydrogen-bond donors (Lipinski definition) is 2. The van der Waals surface area contributed by atoms with E-state index in [0.717, 1.165) is 24.9 Å². The largest absolute Gasteiger partial charge is 0.383 e. The number of ether oxygens (including phenoxy) is 1. The summed E-state index contributed by atoms with van der Waals surface area (Å²) in [6.45, 7) is 3.01. The maximum atomic E-state index is 6.07. The van der Waals surface area contributed by atoms with Crippen LogP contribution in [0.3, 0.4) is 0 Å². The van der Waals surface area contributed by atoms with E-state index in [4.69, 9.17) is 10.5 Å². The van der Waals surface area contributed by atoms with E-state index >= 15 is 0 Å². The third-order valence-corrected chi connectivity index (χ3v) is 4.22. The van der Waals surface area contributed by atoms with Crippen LogP contribution < -0.4 is 11.1 Å². The molecule has 0 spiro atoms. The molecule has 1 atom stereocenters. The fourth-order valence-corrected chi connectivity index (χ4v) is 3.22. The van der Waals surface area contributed by atoms with Crippen LogP contribution >= 0.6 is 0 Å². The van der Waals surface area contributed by atoms with Crippen molar-refractivity contribution in [1.82, 2.24) is 10.3 Å². The highest BCUT2D eigenvalue weighted by Gasteiger charge is 2.41. The molecule has 106 valence electrons. The molecule has 1 fully saturated rings. The van der Waals surface area contributed by atoms with E-state index < -0.39 is 0 Å². The average molecular weight is 263 g/mol. The van der Waals surface area contributed by atoms with Crippen molar-refractivity contribution in [3.8, 4) is 0 Å². The zero-order valence-electron chi connectivity index (χ0n) is 12.0. The predicted octanol–water partition coefficient (Wildman–Crippen LogP) is 2.66. The third-order valence-electron chi connectivity index (χ3n) is 4.22. The molecule has 1 aliphatic rings. The molecular weight excluding hydrogens is 238 g/mol. The van der Waals surface area contributed by atoms with Crippen LogP contribution in [0.25, 0.3) is 0 Å². The van der Waals surface area contributed by atoms with Gasteiger partial charge in [0, 0.05) is 18.9 Å². The van der Waals surface area contributed by atoms with Gasteiger partial charge in [-0.3, -0.25) is 0 Å². The minimum atomic E-state index is -0.147. The van der Waals surface area contributed by atoms with E-state index in [1.54, 1.807) is 6.20 Å². The van der Waals surface area contributed by atoms with Crippen molar-refractivity contribution in [3.63, 3.8) is 0 Å². The first-order valence-corrected chi connectivity index (χ1v) is 7.22. The van der Waals surface area contributed by atoms with Gasteiger partial charge in [-0.05, 0) is 25.5 Å². The lowest BCUT2D eigenvalue weighted by Gasteiger charge is -2.43. The van der Waals surface area contributed by atoms with Crippen molar-refractivity contribution >= 4 is 5.82 Å². The molecule has 1 aliphatic carbocycles. The lowest BCUT2D eigenvalue weighted by atomic mass is 9.76. The van der Waals surface area contributed by atoms with E-state index in [-0.39, 0.29) is 11.6 Å². The van der Waals surface area contributed by atoms with Gasteiger partial charge in [0.1, 0.15) is 5.82 Å². The summed E-state index contributed by atoms with van der Waals surface area (Å²) < 4.78 is 5.96. The summed E-state index contributed by atoms with van der Waals surface area (Å²) >= 11 is 0. The fourth-order valence-electron chi connectivity index (χ4n) is 3.22. The summed E-state index contributed by atoms with van der Waals surface area (Å²) in [6, 6.07) is 4.13. The van der Waals surface area contributed by atoms with E-state index in [1.165, 1.54) is 19.3 Å². The Bertz CT molecular complexity index is 402. The number of hydrogen-bond acceptors (Lipinski definition) is 4. The number of anilines is 1. The smallest absolute Gasteiger partial charge is 0.128 e. The van der Waals surface area contributed by atoms with Crippen LogP contribution in [0, 0.1) is 0 Å². The van der Waals surface area contributed by atoms with Crippen molar-refractivity contribution in [1.29, 1.82) is 0 Å². The number of nitrogens with two attached hydrogens (primary N) is 1. The van der Waals surface area contributed by atoms with Crippen LogP contribution in [0.5, 0.6) is 0 Å². The van der Waals surface area contributed by atoms with Gasteiger partial charge in [-0.2, -0.15) is 0 Å². The van der Waals surface area contributed by atoms with Crippen molar-refractivity contribution < 1.29 is 4.74 Å². The standard InChI is InChI=1S/C15H25N3O/c1-3-17-13(12-8-7-11-18-14(12)16)15(19-2)9-5-4-6-10-15/h7-8,11,13,17H,3-6,9-10H2,1-2H3,(H2,16,18). The summed E-state index contributed by atoms with van der Waals surface area (Å²) in [5.41, 5.74) is 6.98. The summed E-state index contributed by atoms with van der Waals surface area (Å²) in [5, 5.41) is 3.56. The number of rotatable bonds is 5. The lowest BCUT2D eigenvalue weighted by Crippen LogP contribution is -2.47. The number of pyridine rings is 1. The number of nitrogens with zero attached hydrogens (tertiary/aromatic N) is 1. The molecule has 0 aromatic carbocycles. The fraction of sp³-hybridized carbons (Fsp3) is 0.667. The Labute approximate surface area is 115 Å². The van der Waals surface area contributed by atoms with E-state index in [9.17, 15) is 0 Å². The quantitative estimate of drug-likeness (QED) is 0.857. The van der Waals surface area contributed by atoms with Gasteiger partial charge in [0.25, 0.3) is 0 Å². The second-order valence-corrected chi connectivity index (χ2v) is 5.30. The first-order valence-electron chi connectivity index (χ1n) is 7.22. The van der Waals surface area contributed by atoms with Gasteiger partial charge in [-0.1, -0.05) is 32.3 Å². The van der Waals surface area contributed by atoms with Crippen LogP contribution in [-0.2, 0) is 4.74 Å². The summed E-state index contributed by atoms with van der Waals surface area (Å²) in [7, 11) is 1.82. The molecular formula is C15H25N3O. The Kier molecular flexibility index (Phi) is 4.77. The molecule has 0 amide bonds. The molecule has 19 heavy (non-hydrogen) atoms. The minimum Gasteiger partial charge on any atom is -0.383 e. The third kappa shape index (κ3) is 2.90. The molecule has 3 N–H and O–H groups in total. The Morgan fingerprint density at radius 3 is 2.74 bits per heavy atom. The highest BCUT2D eigenvalue weighted by atomic mass is 16.5. The van der Waals surface area contributed by atoms with Crippen LogP contribution in [0.4, 0.5) is 5.82 Å². The lowest BCUT2D eigenvalue weighted by molar-refractivity contribution is -0.0683. The van der Waals surface area contributed by atoms with Crippen molar-refractivity contribution in [3.05, 3.63) is 23.9 Å². The second kappa shape index (κ2) is 6.35. The Morgan fingerprint density at radius 2 is 2.16 bits per heavy atom. The van der Waals surface area contributed by atoms with E-state index in [2.05, 4.69) is 23.3 Å². The molecule has 1 unspecified atom stereocenters. The van der Waals surface area contributed by atoms with Gasteiger partial charge in [0.2, 0.25) is 0 Å². The molecule has 4 heteroatoms. The molecule has 0 saturated heterocycles. The minimum absolute atomic E-state index is 0.122. The zero-order valence-corrected chi connectivity index (χ0v) is 12.0. The molecule has 0 bridgehead atoms. The van der Waals surface area contributed by atoms with E-state index in [0.29, 0.717) is 5.82 Å². The zero-order chi connectivity index (χ0) is 13.7. The number of methoxy groups -OCH3 is 1. The topological polar surface area (TPSA) is 60.2 Å². The molecule has 1 heterocycles. The van der Waals surface area contributed by atoms with Crippen molar-refractivity contribution in [2.24, 2.45) is 0 Å². The number of aromatic nitrogens is 1. The van der Waals surface area contributed by atoms with Crippen LogP contribution in [0.15, 0.2) is 18.3 Å². The molecule has 0 radical (unpaired) electrons. The Hall–Kier alpha value is -1.13. The Balaban J connectivity index is 2.35. The van der Waals surface area contributed by atoms with Crippen LogP contribution in [-0.4, -0.2) is 24.2 Å². The van der Waals surface area contributed by atoms with Gasteiger partial charge in [0.05, 0.1) is 11.6 Å². The molecule has 4 nitrogen and oxygen atoms in total. The van der Waals surface area contributed by atoms with Crippen molar-refractivity contribution in [2.45, 2.75) is 50.7 Å². The highest BCUT2D eigenvalue weighted by Crippen LogP contribution is 2.42. The first kappa shape index (κ1) is 14.3. The Morgan fingerprint density at radius 1 is 1.42 bits per heavy atom. The maximum Gasteiger partial charge on any atom is 0.128 e. The number of nitrogen functional groups attached to an aromatic ring is 1. The maximum absolute atomic E-state index is 6.07. The molecule has 0 aliphatic heterocycles. The second-order valence-electron chi connectivity index (χ2n) is 5.30. The summed E-state index contributed by atoms with van der Waals surface area (Å²) in [4.78, 5) is 4.22. The number of likely N-dealkylation sites (N-methyl/N-ethyl adjacent to an activating group) is 1. The number of nitrogens with one attached hydrogen (secondary N) is 1. The molecule has 2 rings (SSSR count). The SMILES string of the molecule is CCNC(c1cccnc1N)C1(OC)CCCCC1. The van der Waals surface area contributed by atoms with Crippen LogP contribution in [0.1, 0.15) is 50.6 Å². The molecule has 1 saturated carbocycles. The highest BCUT2D eigenvalue weighted by molar-refractivity contribution is 5.42. The summed E-state index contributed by atoms with van der Waals surface area (Å²) in [5.74, 6) is 0.607. The first-order chi connectivity index (χ1) is 9.23. The average Bonchev–Trinajstić information content (AvgIpc) is 2.46. The van der Waals surface area contributed by atoms with Crippen LogP contribution in [0.2, 0.25) is 0 Å². The van der Waals surface area contributed by atoms with Gasteiger partial charge in [0.15, 0.2) is 0 Å². The van der Waals surface area contributed by atoms with E-state index in [1.807, 2.05) is 13.2 Å². The summed E-state index contributed by atoms with van der Waals surface area (Å²) in [6.07, 6.45) is 7.63. The monoisotopic (exact) mass is 263 g/mol. The molecule has 1 aromatic rings. The van der Waals surface area contributed by atoms with Gasteiger partial charge in [-0.25, -0.2) is 4.98 Å². The van der Waals surface area contributed by atoms with Gasteiger partial charge < -0.3 is 15.8 Å². The molecule has 1 aromatic heterocycles.